The van der Waals surface area contributed by atoms with Gasteiger partial charge in [-0.05, 0) is 26.7 Å². The van der Waals surface area contributed by atoms with Gasteiger partial charge in [0, 0.05) is 20.3 Å². The summed E-state index contributed by atoms with van der Waals surface area (Å²) in [5, 5.41) is 12.0. The molecule has 0 spiro atoms. The van der Waals surface area contributed by atoms with Crippen LogP contribution in [-0.4, -0.2) is 42.9 Å². The van der Waals surface area contributed by atoms with Gasteiger partial charge in [-0.2, -0.15) is 0 Å². The van der Waals surface area contributed by atoms with Gasteiger partial charge in [-0.25, -0.2) is 0 Å². The van der Waals surface area contributed by atoms with Gasteiger partial charge in [-0.3, -0.25) is 4.79 Å². The summed E-state index contributed by atoms with van der Waals surface area (Å²) in [6.45, 7) is 4.07. The lowest BCUT2D eigenvalue weighted by Crippen LogP contribution is -2.46. The monoisotopic (exact) mass is 218 g/mol. The summed E-state index contributed by atoms with van der Waals surface area (Å²) in [4.78, 5) is 11.4. The quantitative estimate of drug-likeness (QED) is 0.509. The molecule has 0 radical (unpaired) electrons. The maximum Gasteiger partial charge on any atom is 0.237 e. The Labute approximate surface area is 91.0 Å². The number of ether oxygens (including phenoxy) is 1. The molecular weight excluding hydrogens is 196 g/mol. The van der Waals surface area contributed by atoms with Gasteiger partial charge in [0.1, 0.15) is 0 Å². The Hall–Kier alpha value is -0.650. The summed E-state index contributed by atoms with van der Waals surface area (Å²) < 4.78 is 4.86. The zero-order chi connectivity index (χ0) is 11.9. The molecular formula is C10H22N2O3. The highest BCUT2D eigenvalue weighted by Crippen LogP contribution is 1.99. The van der Waals surface area contributed by atoms with Gasteiger partial charge < -0.3 is 20.9 Å². The molecule has 0 aromatic heterocycles. The van der Waals surface area contributed by atoms with Crippen molar-refractivity contribution < 1.29 is 14.6 Å². The van der Waals surface area contributed by atoms with E-state index in [9.17, 15) is 9.90 Å². The number of hydrogen-bond donors (Lipinski definition) is 3. The second-order valence-corrected chi connectivity index (χ2v) is 4.27. The summed E-state index contributed by atoms with van der Waals surface area (Å²) in [5.41, 5.74) is 4.74. The number of nitrogens with two attached hydrogens (primary N) is 1. The molecule has 1 atom stereocenters. The second kappa shape index (κ2) is 6.76. The molecule has 0 saturated carbocycles. The SMILES string of the molecule is COCCCC(N)C(=O)NCC(C)(C)O. The first-order valence-corrected chi connectivity index (χ1v) is 5.11. The van der Waals surface area contributed by atoms with Crippen molar-refractivity contribution in [3.63, 3.8) is 0 Å². The van der Waals surface area contributed by atoms with Crippen LogP contribution in [0.1, 0.15) is 26.7 Å². The number of rotatable bonds is 7. The number of amides is 1. The molecule has 0 aliphatic heterocycles. The summed E-state index contributed by atoms with van der Waals surface area (Å²) in [5.74, 6) is -0.228. The number of aliphatic hydroxyl groups is 1. The van der Waals surface area contributed by atoms with E-state index in [2.05, 4.69) is 5.32 Å². The smallest absolute Gasteiger partial charge is 0.237 e. The fourth-order valence-corrected chi connectivity index (χ4v) is 1.01. The van der Waals surface area contributed by atoms with Crippen molar-refractivity contribution in [2.24, 2.45) is 5.73 Å². The molecule has 5 heteroatoms. The van der Waals surface area contributed by atoms with Crippen LogP contribution in [0.15, 0.2) is 0 Å². The van der Waals surface area contributed by atoms with Crippen molar-refractivity contribution >= 4 is 5.91 Å². The van der Waals surface area contributed by atoms with Crippen LogP contribution in [0, 0.1) is 0 Å². The van der Waals surface area contributed by atoms with E-state index in [-0.39, 0.29) is 12.5 Å². The lowest BCUT2D eigenvalue weighted by Gasteiger charge is -2.19. The molecule has 0 fully saturated rings. The number of hydrogen-bond acceptors (Lipinski definition) is 4. The Balaban J connectivity index is 3.70. The molecule has 5 nitrogen and oxygen atoms in total. The summed E-state index contributed by atoms with van der Waals surface area (Å²) in [7, 11) is 1.61. The fourth-order valence-electron chi connectivity index (χ4n) is 1.01. The molecule has 4 N–H and O–H groups in total. The van der Waals surface area contributed by atoms with Crippen LogP contribution < -0.4 is 11.1 Å². The van der Waals surface area contributed by atoms with Gasteiger partial charge in [0.2, 0.25) is 5.91 Å². The minimum atomic E-state index is -0.901. The molecule has 0 bridgehead atoms. The average Bonchev–Trinajstić information content (AvgIpc) is 2.13. The van der Waals surface area contributed by atoms with Crippen LogP contribution >= 0.6 is 0 Å². The Morgan fingerprint density at radius 2 is 2.20 bits per heavy atom. The number of carbonyl (C=O) groups is 1. The van der Waals surface area contributed by atoms with E-state index in [0.29, 0.717) is 13.0 Å². The van der Waals surface area contributed by atoms with Crippen LogP contribution in [0.4, 0.5) is 0 Å². The van der Waals surface area contributed by atoms with Crippen LogP contribution in [0.5, 0.6) is 0 Å². The van der Waals surface area contributed by atoms with Crippen molar-refractivity contribution in [3.05, 3.63) is 0 Å². The van der Waals surface area contributed by atoms with E-state index in [4.69, 9.17) is 10.5 Å². The maximum absolute atomic E-state index is 11.4. The van der Waals surface area contributed by atoms with Gasteiger partial charge in [0.05, 0.1) is 11.6 Å². The van der Waals surface area contributed by atoms with Crippen LogP contribution in [-0.2, 0) is 9.53 Å². The van der Waals surface area contributed by atoms with Gasteiger partial charge >= 0.3 is 0 Å². The van der Waals surface area contributed by atoms with E-state index in [1.165, 1.54) is 0 Å². The van der Waals surface area contributed by atoms with E-state index in [0.717, 1.165) is 6.42 Å². The Kier molecular flexibility index (Phi) is 6.47. The molecule has 90 valence electrons. The second-order valence-electron chi connectivity index (χ2n) is 4.27. The number of carbonyl (C=O) groups excluding carboxylic acids is 1. The largest absolute Gasteiger partial charge is 0.389 e. The predicted molar refractivity (Wildman–Crippen MR) is 58.4 cm³/mol. The summed E-state index contributed by atoms with van der Waals surface area (Å²) in [6, 6.07) is -0.525. The summed E-state index contributed by atoms with van der Waals surface area (Å²) >= 11 is 0. The molecule has 0 saturated heterocycles. The van der Waals surface area contributed by atoms with Gasteiger partial charge in [-0.15, -0.1) is 0 Å². The first-order chi connectivity index (χ1) is 6.87. The van der Waals surface area contributed by atoms with E-state index >= 15 is 0 Å². The first kappa shape index (κ1) is 14.3. The normalized spacial score (nSPS) is 13.7. The van der Waals surface area contributed by atoms with Crippen LogP contribution in [0.3, 0.4) is 0 Å². The lowest BCUT2D eigenvalue weighted by molar-refractivity contribution is -0.123. The zero-order valence-corrected chi connectivity index (χ0v) is 9.75. The third-order valence-electron chi connectivity index (χ3n) is 1.90. The Morgan fingerprint density at radius 3 is 2.67 bits per heavy atom. The van der Waals surface area contributed by atoms with Crippen molar-refractivity contribution in [1.29, 1.82) is 0 Å². The van der Waals surface area contributed by atoms with Gasteiger partial charge in [-0.1, -0.05) is 0 Å². The van der Waals surface area contributed by atoms with Gasteiger partial charge in [0.25, 0.3) is 0 Å². The van der Waals surface area contributed by atoms with Crippen molar-refractivity contribution in [2.75, 3.05) is 20.3 Å². The molecule has 0 aromatic rings. The van der Waals surface area contributed by atoms with Crippen LogP contribution in [0.2, 0.25) is 0 Å². The van der Waals surface area contributed by atoms with Crippen molar-refractivity contribution in [2.45, 2.75) is 38.3 Å². The van der Waals surface area contributed by atoms with E-state index < -0.39 is 11.6 Å². The fraction of sp³-hybridized carbons (Fsp3) is 0.900. The van der Waals surface area contributed by atoms with Crippen molar-refractivity contribution in [3.8, 4) is 0 Å². The standard InChI is InChI=1S/C10H22N2O3/c1-10(2,14)7-12-9(13)8(11)5-4-6-15-3/h8,14H,4-7,11H2,1-3H3,(H,12,13). The molecule has 0 aromatic carbocycles. The molecule has 1 unspecified atom stereocenters. The molecule has 0 heterocycles. The Bertz CT molecular complexity index is 190. The first-order valence-electron chi connectivity index (χ1n) is 5.11. The highest BCUT2D eigenvalue weighted by atomic mass is 16.5. The molecule has 0 rings (SSSR count). The molecule has 0 aliphatic carbocycles. The molecule has 1 amide bonds. The average molecular weight is 218 g/mol. The van der Waals surface area contributed by atoms with Gasteiger partial charge in [0.15, 0.2) is 0 Å². The third-order valence-corrected chi connectivity index (χ3v) is 1.90. The maximum atomic E-state index is 11.4. The highest BCUT2D eigenvalue weighted by molar-refractivity contribution is 5.81. The summed E-state index contributed by atoms with van der Waals surface area (Å²) in [6.07, 6.45) is 1.35. The molecule has 0 aliphatic rings. The lowest BCUT2D eigenvalue weighted by atomic mass is 10.1. The zero-order valence-electron chi connectivity index (χ0n) is 9.75. The predicted octanol–water partition coefficient (Wildman–Crippen LogP) is -0.373. The Morgan fingerprint density at radius 1 is 1.60 bits per heavy atom. The minimum Gasteiger partial charge on any atom is -0.389 e. The number of nitrogens with one attached hydrogen (secondary N) is 1. The molecule has 15 heavy (non-hydrogen) atoms. The van der Waals surface area contributed by atoms with E-state index in [1.54, 1.807) is 21.0 Å². The highest BCUT2D eigenvalue weighted by Gasteiger charge is 2.17. The minimum absolute atomic E-state index is 0.212. The van der Waals surface area contributed by atoms with Crippen molar-refractivity contribution in [1.82, 2.24) is 5.32 Å². The number of methoxy groups -OCH3 is 1. The van der Waals surface area contributed by atoms with E-state index in [1.807, 2.05) is 0 Å². The topological polar surface area (TPSA) is 84.6 Å². The van der Waals surface area contributed by atoms with Crippen LogP contribution in [0.25, 0.3) is 0 Å². The third kappa shape index (κ3) is 8.35.